The minimum absolute atomic E-state index is 0.0739. The molecule has 0 aliphatic carbocycles. The number of halogens is 3. The normalized spacial score (nSPS) is 12.4. The van der Waals surface area contributed by atoms with Crippen molar-refractivity contribution in [2.75, 3.05) is 14.2 Å². The Bertz CT molecular complexity index is 371. The first-order valence-electron chi connectivity index (χ1n) is 4.32. The van der Waals surface area contributed by atoms with Gasteiger partial charge in [0.25, 0.3) is 0 Å². The number of methoxy groups -OCH3 is 1. The SMILES string of the molecule is CO/N=C(/c1ccc(OC)cc1)C(F)(F)F. The van der Waals surface area contributed by atoms with Gasteiger partial charge in [-0.3, -0.25) is 0 Å². The summed E-state index contributed by atoms with van der Waals surface area (Å²) in [4.78, 5) is 4.18. The molecule has 0 saturated carbocycles. The van der Waals surface area contributed by atoms with Crippen molar-refractivity contribution < 1.29 is 22.7 Å². The van der Waals surface area contributed by atoms with E-state index in [1.54, 1.807) is 0 Å². The Labute approximate surface area is 90.5 Å². The lowest BCUT2D eigenvalue weighted by Gasteiger charge is -2.09. The van der Waals surface area contributed by atoms with Crippen molar-refractivity contribution in [1.82, 2.24) is 0 Å². The second kappa shape index (κ2) is 4.87. The Morgan fingerprint density at radius 1 is 1.12 bits per heavy atom. The number of oxime groups is 1. The predicted octanol–water partition coefficient (Wildman–Crippen LogP) is 2.61. The summed E-state index contributed by atoms with van der Waals surface area (Å²) in [5.74, 6) is 0.475. The summed E-state index contributed by atoms with van der Waals surface area (Å²) in [6.45, 7) is 0. The van der Waals surface area contributed by atoms with Crippen LogP contribution in [0.5, 0.6) is 5.75 Å². The van der Waals surface area contributed by atoms with E-state index in [1.807, 2.05) is 0 Å². The number of alkyl halides is 3. The zero-order valence-corrected chi connectivity index (χ0v) is 8.71. The van der Waals surface area contributed by atoms with Crippen LogP contribution >= 0.6 is 0 Å². The molecule has 1 aromatic rings. The van der Waals surface area contributed by atoms with Crippen LogP contribution in [0.25, 0.3) is 0 Å². The van der Waals surface area contributed by atoms with Crippen molar-refractivity contribution >= 4 is 5.71 Å². The molecule has 0 amide bonds. The molecule has 0 aliphatic heterocycles. The molecule has 0 aromatic heterocycles. The Morgan fingerprint density at radius 3 is 2.06 bits per heavy atom. The van der Waals surface area contributed by atoms with Crippen molar-refractivity contribution in [3.05, 3.63) is 29.8 Å². The van der Waals surface area contributed by atoms with Gasteiger partial charge < -0.3 is 9.57 Å². The summed E-state index contributed by atoms with van der Waals surface area (Å²) < 4.78 is 42.4. The fourth-order valence-electron chi connectivity index (χ4n) is 1.11. The summed E-state index contributed by atoms with van der Waals surface area (Å²) in [6.07, 6.45) is -4.55. The van der Waals surface area contributed by atoms with Crippen LogP contribution in [0.1, 0.15) is 5.56 Å². The molecule has 0 saturated heterocycles. The minimum Gasteiger partial charge on any atom is -0.497 e. The zero-order valence-electron chi connectivity index (χ0n) is 8.71. The topological polar surface area (TPSA) is 30.8 Å². The molecule has 0 heterocycles. The van der Waals surface area contributed by atoms with Gasteiger partial charge >= 0.3 is 6.18 Å². The van der Waals surface area contributed by atoms with E-state index >= 15 is 0 Å². The summed E-state index contributed by atoms with van der Waals surface area (Å²) in [5.41, 5.74) is -1.15. The highest BCUT2D eigenvalue weighted by atomic mass is 19.4. The fourth-order valence-corrected chi connectivity index (χ4v) is 1.11. The van der Waals surface area contributed by atoms with Crippen molar-refractivity contribution in [2.45, 2.75) is 6.18 Å². The first kappa shape index (κ1) is 12.4. The molecule has 0 fully saturated rings. The van der Waals surface area contributed by atoms with Gasteiger partial charge in [0.15, 0.2) is 5.71 Å². The highest BCUT2D eigenvalue weighted by Gasteiger charge is 2.37. The molecule has 3 nitrogen and oxygen atoms in total. The van der Waals surface area contributed by atoms with E-state index in [1.165, 1.54) is 31.4 Å². The summed E-state index contributed by atoms with van der Waals surface area (Å²) in [6, 6.07) is 5.38. The van der Waals surface area contributed by atoms with E-state index in [0.717, 1.165) is 7.11 Å². The molecule has 0 unspecified atom stereocenters. The number of ether oxygens (including phenoxy) is 1. The van der Waals surface area contributed by atoms with Gasteiger partial charge in [0.05, 0.1) is 7.11 Å². The van der Waals surface area contributed by atoms with Crippen LogP contribution in [0.3, 0.4) is 0 Å². The standard InChI is InChI=1S/C10H10F3NO2/c1-15-8-5-3-7(4-6-8)9(14-16-2)10(11,12)13/h3-6H,1-2H3/b14-9-. The third kappa shape index (κ3) is 2.88. The molecular formula is C10H10F3NO2. The fraction of sp³-hybridized carbons (Fsp3) is 0.300. The van der Waals surface area contributed by atoms with Crippen molar-refractivity contribution in [2.24, 2.45) is 5.16 Å². The smallest absolute Gasteiger partial charge is 0.437 e. The summed E-state index contributed by atoms with van der Waals surface area (Å²) in [7, 11) is 2.50. The largest absolute Gasteiger partial charge is 0.497 e. The molecule has 1 rings (SSSR count). The molecule has 1 aromatic carbocycles. The van der Waals surface area contributed by atoms with Gasteiger partial charge in [-0.1, -0.05) is 5.16 Å². The third-order valence-electron chi connectivity index (χ3n) is 1.81. The van der Waals surface area contributed by atoms with E-state index in [-0.39, 0.29) is 5.56 Å². The third-order valence-corrected chi connectivity index (χ3v) is 1.81. The predicted molar refractivity (Wildman–Crippen MR) is 52.6 cm³/mol. The van der Waals surface area contributed by atoms with Crippen molar-refractivity contribution in [3.8, 4) is 5.75 Å². The van der Waals surface area contributed by atoms with E-state index < -0.39 is 11.9 Å². The van der Waals surface area contributed by atoms with Crippen LogP contribution in [0, 0.1) is 0 Å². The highest BCUT2D eigenvalue weighted by Crippen LogP contribution is 2.24. The molecule has 0 radical (unpaired) electrons. The van der Waals surface area contributed by atoms with Crippen LogP contribution in [-0.4, -0.2) is 26.1 Å². The van der Waals surface area contributed by atoms with Gasteiger partial charge in [-0.15, -0.1) is 0 Å². The average molecular weight is 233 g/mol. The molecule has 0 spiro atoms. The van der Waals surface area contributed by atoms with Crippen LogP contribution in [0.2, 0.25) is 0 Å². The van der Waals surface area contributed by atoms with Gasteiger partial charge in [0.2, 0.25) is 0 Å². The monoisotopic (exact) mass is 233 g/mol. The van der Waals surface area contributed by atoms with Crippen LogP contribution in [0.4, 0.5) is 13.2 Å². The van der Waals surface area contributed by atoms with Gasteiger partial charge in [-0.25, -0.2) is 0 Å². The quantitative estimate of drug-likeness (QED) is 0.593. The molecule has 88 valence electrons. The van der Waals surface area contributed by atoms with Crippen molar-refractivity contribution in [3.63, 3.8) is 0 Å². The first-order valence-corrected chi connectivity index (χ1v) is 4.32. The maximum atomic E-state index is 12.5. The highest BCUT2D eigenvalue weighted by molar-refractivity contribution is 6.04. The molecule has 16 heavy (non-hydrogen) atoms. The van der Waals surface area contributed by atoms with E-state index in [4.69, 9.17) is 4.74 Å². The zero-order chi connectivity index (χ0) is 12.2. The number of nitrogens with zero attached hydrogens (tertiary/aromatic N) is 1. The Hall–Kier alpha value is -1.72. The van der Waals surface area contributed by atoms with E-state index in [0.29, 0.717) is 5.75 Å². The van der Waals surface area contributed by atoms with Crippen molar-refractivity contribution in [1.29, 1.82) is 0 Å². The molecular weight excluding hydrogens is 223 g/mol. The molecule has 0 aliphatic rings. The van der Waals surface area contributed by atoms with E-state index in [9.17, 15) is 13.2 Å². The lowest BCUT2D eigenvalue weighted by molar-refractivity contribution is -0.0607. The summed E-state index contributed by atoms with van der Waals surface area (Å²) >= 11 is 0. The second-order valence-corrected chi connectivity index (χ2v) is 2.85. The molecule has 6 heteroatoms. The maximum Gasteiger partial charge on any atom is 0.437 e. The number of rotatable bonds is 3. The lowest BCUT2D eigenvalue weighted by atomic mass is 10.1. The van der Waals surface area contributed by atoms with Gasteiger partial charge in [0, 0.05) is 5.56 Å². The van der Waals surface area contributed by atoms with Crippen LogP contribution in [-0.2, 0) is 4.84 Å². The van der Waals surface area contributed by atoms with Gasteiger partial charge in [-0.2, -0.15) is 13.2 Å². The average Bonchev–Trinajstić information content (AvgIpc) is 2.25. The number of hydrogen-bond donors (Lipinski definition) is 0. The Balaban J connectivity index is 3.08. The second-order valence-electron chi connectivity index (χ2n) is 2.85. The maximum absolute atomic E-state index is 12.5. The number of hydrogen-bond acceptors (Lipinski definition) is 3. The van der Waals surface area contributed by atoms with Crippen LogP contribution in [0.15, 0.2) is 29.4 Å². The minimum atomic E-state index is -4.55. The number of benzene rings is 1. The summed E-state index contributed by atoms with van der Waals surface area (Å²) in [5, 5.41) is 2.97. The Kier molecular flexibility index (Phi) is 3.76. The molecule has 0 bridgehead atoms. The first-order chi connectivity index (χ1) is 7.49. The van der Waals surface area contributed by atoms with Gasteiger partial charge in [0.1, 0.15) is 12.9 Å². The Morgan fingerprint density at radius 2 is 1.69 bits per heavy atom. The van der Waals surface area contributed by atoms with Gasteiger partial charge in [-0.05, 0) is 24.3 Å². The van der Waals surface area contributed by atoms with E-state index in [2.05, 4.69) is 9.99 Å². The lowest BCUT2D eigenvalue weighted by Crippen LogP contribution is -2.24. The van der Waals surface area contributed by atoms with Crippen LogP contribution < -0.4 is 4.74 Å². The molecule has 0 atom stereocenters. The molecule has 0 N–H and O–H groups in total.